The van der Waals surface area contributed by atoms with Crippen LogP contribution in [-0.2, 0) is 28.1 Å². The molecule has 13 nitrogen and oxygen atoms in total. The van der Waals surface area contributed by atoms with Crippen LogP contribution in [0.15, 0.2) is 12.7 Å². The Labute approximate surface area is 172 Å². The summed E-state index contributed by atoms with van der Waals surface area (Å²) in [6.07, 6.45) is -0.575. The molecule has 1 aliphatic heterocycles. The number of aliphatic carboxylic acids is 1. The minimum atomic E-state index is -3.49. The summed E-state index contributed by atoms with van der Waals surface area (Å²) in [5, 5.41) is 8.80. The number of esters is 1. The van der Waals surface area contributed by atoms with Crippen LogP contribution in [-0.4, -0.2) is 74.4 Å². The summed E-state index contributed by atoms with van der Waals surface area (Å²) >= 11 is 0. The van der Waals surface area contributed by atoms with Gasteiger partial charge in [-0.25, -0.2) is 0 Å². The zero-order valence-corrected chi connectivity index (χ0v) is 17.4. The average Bonchev–Trinajstić information content (AvgIpc) is 3.12. The SMILES string of the molecule is B[PH]1(O)OC[C@H](OC(=O)CCC(=O)O)[C@H](n2cnc3c(N)ncnc32)O[C@@H](C)CO1. The second kappa shape index (κ2) is 9.19. The van der Waals surface area contributed by atoms with Crippen molar-refractivity contribution in [2.24, 2.45) is 0 Å². The summed E-state index contributed by atoms with van der Waals surface area (Å²) < 4.78 is 24.0. The number of fused-ring (bicyclic) bond motifs is 1. The first-order valence-electron chi connectivity index (χ1n) is 9.16. The number of hydrogen-bond donors (Lipinski definition) is 3. The van der Waals surface area contributed by atoms with Crippen molar-refractivity contribution < 1.29 is 38.1 Å². The van der Waals surface area contributed by atoms with E-state index >= 15 is 0 Å². The Bertz CT molecular complexity index is 928. The molecule has 1 fully saturated rings. The fourth-order valence-corrected chi connectivity index (χ4v) is 3.93. The van der Waals surface area contributed by atoms with Crippen molar-refractivity contribution in [1.82, 2.24) is 19.5 Å². The number of nitrogens with zero attached hydrogens (tertiary/aromatic N) is 4. The van der Waals surface area contributed by atoms with Gasteiger partial charge in [0.1, 0.15) is 0 Å². The fourth-order valence-electron chi connectivity index (χ4n) is 2.83. The summed E-state index contributed by atoms with van der Waals surface area (Å²) in [6.45, 7) is 1.50. The van der Waals surface area contributed by atoms with E-state index in [1.165, 1.54) is 24.8 Å². The Morgan fingerprint density at radius 3 is 2.80 bits per heavy atom. The van der Waals surface area contributed by atoms with Gasteiger partial charge in [-0.2, -0.15) is 0 Å². The molecule has 3 heterocycles. The average molecular weight is 443 g/mol. The molecule has 0 amide bonds. The van der Waals surface area contributed by atoms with Gasteiger partial charge in [-0.1, -0.05) is 0 Å². The standard InChI is InChI=1S/C15H23BN5O8P/c1-8-4-26-30(16,25)27-5-9(29-11(24)3-2-10(22)23)15(28-8)21-7-20-12-13(17)18-6-19-14(12)21/h6-9,15,25,30H,2-5,16H2,1H3,(H,22,23)(H2,17,18,19)/t8-,9-,15+/m0/s1. The van der Waals surface area contributed by atoms with Gasteiger partial charge in [0.25, 0.3) is 0 Å². The molecule has 0 saturated carbocycles. The van der Waals surface area contributed by atoms with Crippen LogP contribution in [0.1, 0.15) is 26.0 Å². The Hall–Kier alpha value is -2.38. The number of carboxylic acids is 1. The summed E-state index contributed by atoms with van der Waals surface area (Å²) in [7, 11) is -2.05. The Kier molecular flexibility index (Phi) is 6.83. The first-order valence-corrected chi connectivity index (χ1v) is 11.4. The van der Waals surface area contributed by atoms with E-state index in [1.54, 1.807) is 6.92 Å². The van der Waals surface area contributed by atoms with Gasteiger partial charge in [-0.05, 0) is 0 Å². The molecule has 2 aromatic heterocycles. The van der Waals surface area contributed by atoms with Crippen LogP contribution in [0.5, 0.6) is 0 Å². The van der Waals surface area contributed by atoms with Gasteiger partial charge < -0.3 is 0 Å². The number of imidazole rings is 1. The van der Waals surface area contributed by atoms with Crippen molar-refractivity contribution in [3.05, 3.63) is 12.7 Å². The van der Waals surface area contributed by atoms with E-state index in [-0.39, 0.29) is 31.9 Å². The second-order valence-electron chi connectivity index (χ2n) is 6.86. The number of carbonyl (C=O) groups is 2. The molecular formula is C15H23BN5O8P. The zero-order chi connectivity index (χ0) is 21.9. The van der Waals surface area contributed by atoms with Crippen LogP contribution in [0.4, 0.5) is 5.82 Å². The van der Waals surface area contributed by atoms with Crippen molar-refractivity contribution in [3.63, 3.8) is 0 Å². The number of carboxylic acid groups (broad SMARTS) is 1. The number of carbonyl (C=O) groups excluding carboxylic acids is 1. The molecule has 1 saturated heterocycles. The normalized spacial score (nSPS) is 25.6. The number of nitrogens with two attached hydrogens (primary N) is 1. The van der Waals surface area contributed by atoms with E-state index in [0.717, 1.165) is 0 Å². The molecule has 0 radical (unpaired) electrons. The van der Waals surface area contributed by atoms with E-state index in [1.807, 2.05) is 0 Å². The Balaban J connectivity index is 1.95. The van der Waals surface area contributed by atoms with E-state index in [9.17, 15) is 14.5 Å². The first-order chi connectivity index (χ1) is 14.2. The van der Waals surface area contributed by atoms with Crippen molar-refractivity contribution >= 4 is 44.3 Å². The van der Waals surface area contributed by atoms with Crippen molar-refractivity contribution in [1.29, 1.82) is 0 Å². The number of ether oxygens (including phenoxy) is 2. The molecule has 15 heteroatoms. The molecule has 1 aliphatic rings. The molecule has 3 atom stereocenters. The van der Waals surface area contributed by atoms with Gasteiger partial charge in [0.2, 0.25) is 0 Å². The third-order valence-electron chi connectivity index (χ3n) is 4.28. The minimum absolute atomic E-state index is 0.0408. The van der Waals surface area contributed by atoms with Crippen LogP contribution >= 0.6 is 7.82 Å². The third-order valence-corrected chi connectivity index (χ3v) is 5.68. The van der Waals surface area contributed by atoms with Crippen LogP contribution in [0.2, 0.25) is 0 Å². The summed E-state index contributed by atoms with van der Waals surface area (Å²) in [4.78, 5) is 45.6. The zero-order valence-electron chi connectivity index (χ0n) is 16.4. The van der Waals surface area contributed by atoms with E-state index < -0.39 is 38.2 Å². The van der Waals surface area contributed by atoms with E-state index in [2.05, 4.69) is 15.0 Å². The summed E-state index contributed by atoms with van der Waals surface area (Å²) in [6, 6.07) is 0. The molecular weight excluding hydrogens is 420 g/mol. The molecule has 0 bridgehead atoms. The molecule has 30 heavy (non-hydrogen) atoms. The molecule has 164 valence electrons. The number of rotatable bonds is 5. The van der Waals surface area contributed by atoms with Crippen molar-refractivity contribution in [2.75, 3.05) is 18.9 Å². The van der Waals surface area contributed by atoms with E-state index in [0.29, 0.717) is 11.2 Å². The molecule has 0 aromatic carbocycles. The molecule has 0 unspecified atom stereocenters. The van der Waals surface area contributed by atoms with Crippen molar-refractivity contribution in [2.45, 2.75) is 38.2 Å². The van der Waals surface area contributed by atoms with Gasteiger partial charge >= 0.3 is 172 Å². The number of anilines is 1. The molecule has 3 rings (SSSR count). The van der Waals surface area contributed by atoms with Gasteiger partial charge in [0, 0.05) is 0 Å². The molecule has 0 spiro atoms. The fraction of sp³-hybridized carbons (Fsp3) is 0.533. The van der Waals surface area contributed by atoms with Crippen LogP contribution < -0.4 is 5.73 Å². The molecule has 2 aromatic rings. The third kappa shape index (κ3) is 5.40. The first kappa shape index (κ1) is 22.3. The quantitative estimate of drug-likeness (QED) is 0.297. The summed E-state index contributed by atoms with van der Waals surface area (Å²) in [5.41, 5.74) is 6.52. The number of hydrogen-bond acceptors (Lipinski definition) is 11. The summed E-state index contributed by atoms with van der Waals surface area (Å²) in [5.74, 6) is -1.72. The Morgan fingerprint density at radius 1 is 1.33 bits per heavy atom. The van der Waals surface area contributed by atoms with Gasteiger partial charge in [0.15, 0.2) is 0 Å². The second-order valence-corrected chi connectivity index (χ2v) is 9.23. The van der Waals surface area contributed by atoms with Crippen LogP contribution in [0.3, 0.4) is 0 Å². The Morgan fingerprint density at radius 2 is 2.07 bits per heavy atom. The topological polar surface area (TPSA) is 181 Å². The monoisotopic (exact) mass is 443 g/mol. The number of aromatic nitrogens is 4. The van der Waals surface area contributed by atoms with Gasteiger partial charge in [-0.3, -0.25) is 0 Å². The maximum atomic E-state index is 12.2. The molecule has 4 N–H and O–H groups in total. The van der Waals surface area contributed by atoms with E-state index in [4.69, 9.17) is 29.4 Å². The van der Waals surface area contributed by atoms with Gasteiger partial charge in [0.05, 0.1) is 0 Å². The van der Waals surface area contributed by atoms with Gasteiger partial charge in [-0.15, -0.1) is 0 Å². The predicted molar refractivity (Wildman–Crippen MR) is 107 cm³/mol. The van der Waals surface area contributed by atoms with Crippen LogP contribution in [0, 0.1) is 0 Å². The van der Waals surface area contributed by atoms with Crippen molar-refractivity contribution in [3.8, 4) is 0 Å². The molecule has 0 aliphatic carbocycles. The predicted octanol–water partition coefficient (Wildman–Crippen LogP) is -0.829. The van der Waals surface area contributed by atoms with Crippen LogP contribution in [0.25, 0.3) is 11.2 Å². The maximum absolute atomic E-state index is 12.2. The number of nitrogen functional groups attached to an aromatic ring is 1.